The molecule has 5 aromatic rings. The average molecular weight is 732 g/mol. The Morgan fingerprint density at radius 1 is 1.10 bits per heavy atom. The highest BCUT2D eigenvalue weighted by Crippen LogP contribution is 2.31. The summed E-state index contributed by atoms with van der Waals surface area (Å²) in [5.74, 6) is 5.23. The van der Waals surface area contributed by atoms with Gasteiger partial charge in [0.25, 0.3) is 5.91 Å². The fourth-order valence-electron chi connectivity index (χ4n) is 5.93. The predicted octanol–water partition coefficient (Wildman–Crippen LogP) is 2.15. The highest BCUT2D eigenvalue weighted by atomic mass is 32.1. The standard InChI is InChI=1S/C34H41N11O6S/c1-4-23-28(51-20(2)39-23)32(48)41-34-45(30-26(52-34)18-22(19-38-30)31(47)42-36)10-6-5-9-44-27-24(40-33(44)37-3)16-21(29(35)46)17-25(27)50-13-7-8-43-11-14-49-15-12-43/h5-6,16-19H,4,7-15,36H2,1-3H3,(H2,35,46)(H,37,40)(H,42,47)/b6-5+,41-34?. The molecule has 1 aliphatic heterocycles. The van der Waals surface area contributed by atoms with E-state index < -0.39 is 17.7 Å². The zero-order valence-electron chi connectivity index (χ0n) is 29.2. The molecule has 1 fully saturated rings. The Morgan fingerprint density at radius 3 is 2.58 bits per heavy atom. The number of amides is 3. The molecule has 0 atom stereocenters. The summed E-state index contributed by atoms with van der Waals surface area (Å²) in [5, 5.41) is 3.13. The van der Waals surface area contributed by atoms with Crippen LogP contribution in [0, 0.1) is 6.92 Å². The third kappa shape index (κ3) is 7.89. The molecule has 17 nitrogen and oxygen atoms in total. The van der Waals surface area contributed by atoms with Crippen LogP contribution in [0.5, 0.6) is 5.75 Å². The van der Waals surface area contributed by atoms with Crippen LogP contribution in [0.15, 0.2) is 46.0 Å². The van der Waals surface area contributed by atoms with Crippen molar-refractivity contribution in [2.45, 2.75) is 39.8 Å². The molecule has 5 heterocycles. The number of morpholine rings is 1. The number of rotatable bonds is 14. The third-order valence-corrected chi connectivity index (χ3v) is 9.50. The maximum atomic E-state index is 13.3. The lowest BCUT2D eigenvalue weighted by Crippen LogP contribution is -2.37. The van der Waals surface area contributed by atoms with Crippen LogP contribution < -0.4 is 31.9 Å². The molecule has 0 spiro atoms. The topological polar surface area (TPSA) is 223 Å². The zero-order chi connectivity index (χ0) is 36.8. The number of nitrogens with two attached hydrogens (primary N) is 2. The first kappa shape index (κ1) is 36.4. The maximum absolute atomic E-state index is 13.3. The summed E-state index contributed by atoms with van der Waals surface area (Å²) in [5.41, 5.74) is 10.7. The van der Waals surface area contributed by atoms with E-state index in [1.807, 2.05) is 23.6 Å². The first-order valence-electron chi connectivity index (χ1n) is 16.9. The van der Waals surface area contributed by atoms with E-state index in [4.69, 9.17) is 30.5 Å². The molecule has 274 valence electrons. The van der Waals surface area contributed by atoms with Crippen molar-refractivity contribution in [3.05, 3.63) is 69.8 Å². The van der Waals surface area contributed by atoms with Crippen LogP contribution in [0.3, 0.4) is 0 Å². The summed E-state index contributed by atoms with van der Waals surface area (Å²) in [4.78, 5) is 58.4. The second-order valence-electron chi connectivity index (χ2n) is 11.9. The number of allylic oxidation sites excluding steroid dienone is 2. The highest BCUT2D eigenvalue weighted by molar-refractivity contribution is 7.16. The minimum absolute atomic E-state index is 0.0842. The molecule has 1 saturated heterocycles. The van der Waals surface area contributed by atoms with Gasteiger partial charge in [-0.25, -0.2) is 20.8 Å². The molecule has 0 saturated carbocycles. The summed E-state index contributed by atoms with van der Waals surface area (Å²) >= 11 is 1.20. The van der Waals surface area contributed by atoms with Crippen LogP contribution in [-0.2, 0) is 24.2 Å². The number of hydrazine groups is 1. The van der Waals surface area contributed by atoms with Gasteiger partial charge in [0.2, 0.25) is 17.6 Å². The summed E-state index contributed by atoms with van der Waals surface area (Å²) in [6, 6.07) is 4.96. The molecular formula is C34H41N11O6S. The van der Waals surface area contributed by atoms with Crippen LogP contribution >= 0.6 is 11.3 Å². The number of nitrogens with one attached hydrogen (secondary N) is 2. The largest absolute Gasteiger partial charge is 0.491 e. The number of aryl methyl sites for hydroxylation is 2. The Balaban J connectivity index is 1.29. The summed E-state index contributed by atoms with van der Waals surface area (Å²) < 4.78 is 21.7. The number of benzene rings is 1. The lowest BCUT2D eigenvalue weighted by atomic mass is 10.1. The van der Waals surface area contributed by atoms with E-state index in [0.29, 0.717) is 74.6 Å². The predicted molar refractivity (Wildman–Crippen MR) is 194 cm³/mol. The van der Waals surface area contributed by atoms with Gasteiger partial charge in [0.1, 0.15) is 11.3 Å². The molecule has 4 aromatic heterocycles. The minimum atomic E-state index is -0.575. The molecule has 1 aliphatic rings. The van der Waals surface area contributed by atoms with Crippen LogP contribution in [0.25, 0.3) is 21.4 Å². The average Bonchev–Trinajstić information content (AvgIpc) is 3.83. The fraction of sp³-hybridized carbons (Fsp3) is 0.382. The van der Waals surface area contributed by atoms with E-state index in [0.717, 1.165) is 39.3 Å². The van der Waals surface area contributed by atoms with Crippen molar-refractivity contribution in [2.24, 2.45) is 16.6 Å². The van der Waals surface area contributed by atoms with Gasteiger partial charge in [0, 0.05) is 58.5 Å². The second kappa shape index (κ2) is 16.3. The van der Waals surface area contributed by atoms with E-state index in [1.54, 1.807) is 36.7 Å². The third-order valence-electron chi connectivity index (χ3n) is 8.48. The monoisotopic (exact) mass is 731 g/mol. The number of imidazole rings is 1. The Kier molecular flexibility index (Phi) is 11.4. The quantitative estimate of drug-likeness (QED) is 0.0424. The number of thiazole rings is 1. The lowest BCUT2D eigenvalue weighted by molar-refractivity contribution is 0.0358. The number of carbonyl (C=O) groups is 3. The molecule has 18 heteroatoms. The van der Waals surface area contributed by atoms with Gasteiger partial charge in [0.05, 0.1) is 41.3 Å². The summed E-state index contributed by atoms with van der Waals surface area (Å²) in [6.45, 7) is 8.77. The van der Waals surface area contributed by atoms with Gasteiger partial charge in [-0.2, -0.15) is 4.99 Å². The van der Waals surface area contributed by atoms with Crippen LogP contribution in [0.1, 0.15) is 56.2 Å². The van der Waals surface area contributed by atoms with Gasteiger partial charge < -0.3 is 29.5 Å². The molecule has 52 heavy (non-hydrogen) atoms. The summed E-state index contributed by atoms with van der Waals surface area (Å²) in [6.07, 6.45) is 6.57. The van der Waals surface area contributed by atoms with Gasteiger partial charge >= 0.3 is 5.91 Å². The molecule has 0 aliphatic carbocycles. The smallest absolute Gasteiger partial charge is 0.317 e. The number of ether oxygens (including phenoxy) is 2. The van der Waals surface area contributed by atoms with Crippen molar-refractivity contribution in [3.8, 4) is 5.75 Å². The van der Waals surface area contributed by atoms with Gasteiger partial charge in [-0.1, -0.05) is 30.4 Å². The Labute approximate surface area is 302 Å². The minimum Gasteiger partial charge on any atom is -0.491 e. The number of primary amides is 1. The number of carbonyl (C=O) groups excluding carboxylic acids is 3. The molecule has 0 unspecified atom stereocenters. The number of nitrogens with zero attached hydrogens (tertiary/aromatic N) is 7. The second-order valence-corrected chi connectivity index (χ2v) is 12.9. The SMILES string of the molecule is CCc1nc(C)oc1C(=O)N=c1sc2cc(C(=O)NN)cnc2n1C/C=C/Cn1c(NC)nc2cc(C(N)=O)cc(OCCCN3CCOCC3)c21. The number of anilines is 1. The molecule has 0 bridgehead atoms. The van der Waals surface area contributed by atoms with Crippen molar-refractivity contribution in [3.63, 3.8) is 0 Å². The van der Waals surface area contributed by atoms with E-state index in [2.05, 4.69) is 30.6 Å². The fourth-order valence-corrected chi connectivity index (χ4v) is 6.97. The van der Waals surface area contributed by atoms with Crippen LogP contribution in [0.4, 0.5) is 5.95 Å². The van der Waals surface area contributed by atoms with Crippen molar-refractivity contribution < 1.29 is 28.3 Å². The van der Waals surface area contributed by atoms with Gasteiger partial charge in [-0.3, -0.25) is 29.3 Å². The number of fused-ring (bicyclic) bond motifs is 2. The number of pyridine rings is 1. The first-order chi connectivity index (χ1) is 25.2. The normalized spacial score (nSPS) is 14.1. The number of aromatic nitrogens is 5. The van der Waals surface area contributed by atoms with Crippen molar-refractivity contribution in [1.29, 1.82) is 0 Å². The molecule has 6 N–H and O–H groups in total. The Bertz CT molecular complexity index is 2210. The summed E-state index contributed by atoms with van der Waals surface area (Å²) in [7, 11) is 1.77. The first-order valence-corrected chi connectivity index (χ1v) is 17.7. The molecular weight excluding hydrogens is 691 g/mol. The maximum Gasteiger partial charge on any atom is 0.317 e. The van der Waals surface area contributed by atoms with E-state index >= 15 is 0 Å². The van der Waals surface area contributed by atoms with Crippen molar-refractivity contribution >= 4 is 56.4 Å². The van der Waals surface area contributed by atoms with E-state index in [-0.39, 0.29) is 17.9 Å². The van der Waals surface area contributed by atoms with E-state index in [9.17, 15) is 14.4 Å². The van der Waals surface area contributed by atoms with E-state index in [1.165, 1.54) is 17.5 Å². The molecule has 3 amide bonds. The van der Waals surface area contributed by atoms with Gasteiger partial charge in [-0.15, -0.1) is 0 Å². The number of oxazole rings is 1. The van der Waals surface area contributed by atoms with Crippen molar-refractivity contribution in [1.82, 2.24) is 34.4 Å². The Hall–Kier alpha value is -5.43. The number of nitrogen functional groups attached to an aromatic ring is 1. The van der Waals surface area contributed by atoms with Crippen LogP contribution in [0.2, 0.25) is 0 Å². The molecule has 0 radical (unpaired) electrons. The van der Waals surface area contributed by atoms with Gasteiger partial charge in [0.15, 0.2) is 16.3 Å². The highest BCUT2D eigenvalue weighted by Gasteiger charge is 2.20. The number of hydrogen-bond acceptors (Lipinski definition) is 13. The Morgan fingerprint density at radius 2 is 1.87 bits per heavy atom. The molecule has 1 aromatic carbocycles. The zero-order valence-corrected chi connectivity index (χ0v) is 30.0. The number of hydrogen-bond donors (Lipinski definition) is 4. The van der Waals surface area contributed by atoms with Crippen molar-refractivity contribution in [2.75, 3.05) is 51.8 Å². The lowest BCUT2D eigenvalue weighted by Gasteiger charge is -2.26. The molecule has 6 rings (SSSR count). The van der Waals surface area contributed by atoms with Crippen LogP contribution in [-0.4, -0.2) is 93.2 Å². The van der Waals surface area contributed by atoms with Gasteiger partial charge in [-0.05, 0) is 31.0 Å².